The van der Waals surface area contributed by atoms with E-state index in [-0.39, 0.29) is 6.04 Å². The minimum Gasteiger partial charge on any atom is -0.324 e. The molecule has 0 fully saturated rings. The number of aromatic nitrogens is 4. The first-order valence-corrected chi connectivity index (χ1v) is 6.80. The Balaban J connectivity index is 2.04. The molecule has 0 bridgehead atoms. The Morgan fingerprint density at radius 1 is 1.21 bits per heavy atom. The van der Waals surface area contributed by atoms with Gasteiger partial charge in [-0.25, -0.2) is 0 Å². The maximum absolute atomic E-state index is 6.16. The van der Waals surface area contributed by atoms with Crippen molar-refractivity contribution >= 4 is 0 Å². The Morgan fingerprint density at radius 2 is 2.00 bits per heavy atom. The molecular weight excluding hydrogens is 238 g/mol. The van der Waals surface area contributed by atoms with Crippen LogP contribution in [0.2, 0.25) is 0 Å². The van der Waals surface area contributed by atoms with Gasteiger partial charge >= 0.3 is 0 Å². The molecule has 2 rings (SSSR count). The minimum absolute atomic E-state index is 0.0828. The Labute approximate surface area is 113 Å². The van der Waals surface area contributed by atoms with E-state index in [1.807, 2.05) is 23.0 Å². The van der Waals surface area contributed by atoms with Gasteiger partial charge < -0.3 is 5.73 Å². The third kappa shape index (κ3) is 3.38. The van der Waals surface area contributed by atoms with Gasteiger partial charge in [0.25, 0.3) is 0 Å². The van der Waals surface area contributed by atoms with Crippen LogP contribution >= 0.6 is 0 Å². The Kier molecular flexibility index (Phi) is 4.63. The lowest BCUT2D eigenvalue weighted by molar-refractivity contribution is 0.424. The van der Waals surface area contributed by atoms with Gasteiger partial charge in [0.2, 0.25) is 0 Å². The summed E-state index contributed by atoms with van der Waals surface area (Å²) in [6, 6.07) is 4.34. The van der Waals surface area contributed by atoms with E-state index in [0.29, 0.717) is 6.04 Å². The van der Waals surface area contributed by atoms with E-state index >= 15 is 0 Å². The molecule has 2 aromatic heterocycles. The minimum atomic E-state index is -0.0828. The van der Waals surface area contributed by atoms with Crippen LogP contribution in [0.25, 0.3) is 0 Å². The number of nitrogens with two attached hydrogens (primary N) is 1. The van der Waals surface area contributed by atoms with Crippen LogP contribution in [0.15, 0.2) is 30.7 Å². The van der Waals surface area contributed by atoms with Gasteiger partial charge in [-0.2, -0.15) is 15.3 Å². The quantitative estimate of drug-likeness (QED) is 0.864. The van der Waals surface area contributed by atoms with Gasteiger partial charge in [-0.1, -0.05) is 13.8 Å². The average molecular weight is 259 g/mol. The lowest BCUT2D eigenvalue weighted by Gasteiger charge is -2.13. The van der Waals surface area contributed by atoms with Crippen LogP contribution in [0.3, 0.4) is 0 Å². The first kappa shape index (κ1) is 13.7. The molecule has 1 unspecified atom stereocenters. The third-order valence-corrected chi connectivity index (χ3v) is 3.44. The van der Waals surface area contributed by atoms with E-state index in [4.69, 9.17) is 5.73 Å². The van der Waals surface area contributed by atoms with Crippen molar-refractivity contribution in [1.82, 2.24) is 20.0 Å². The highest BCUT2D eigenvalue weighted by Crippen LogP contribution is 2.17. The van der Waals surface area contributed by atoms with Crippen molar-refractivity contribution in [1.29, 1.82) is 0 Å². The Morgan fingerprint density at radius 3 is 2.63 bits per heavy atom. The second kappa shape index (κ2) is 6.43. The molecular formula is C14H21N5. The van der Waals surface area contributed by atoms with E-state index in [2.05, 4.69) is 29.1 Å². The molecule has 1 atom stereocenters. The summed E-state index contributed by atoms with van der Waals surface area (Å²) >= 11 is 0. The zero-order valence-electron chi connectivity index (χ0n) is 11.5. The summed E-state index contributed by atoms with van der Waals surface area (Å²) in [5.41, 5.74) is 8.18. The fourth-order valence-electron chi connectivity index (χ4n) is 2.22. The molecule has 0 spiro atoms. The molecule has 0 aromatic carbocycles. The highest BCUT2D eigenvalue weighted by Gasteiger charge is 2.12. The highest BCUT2D eigenvalue weighted by molar-refractivity contribution is 5.14. The lowest BCUT2D eigenvalue weighted by Crippen LogP contribution is -2.15. The predicted octanol–water partition coefficient (Wildman–Crippen LogP) is 2.28. The van der Waals surface area contributed by atoms with Gasteiger partial charge in [0.1, 0.15) is 0 Å². The van der Waals surface area contributed by atoms with Crippen molar-refractivity contribution in [3.8, 4) is 0 Å². The lowest BCUT2D eigenvalue weighted by atomic mass is 10.1. The molecule has 5 heteroatoms. The molecule has 2 heterocycles. The summed E-state index contributed by atoms with van der Waals surface area (Å²) in [6.45, 7) is 4.37. The molecule has 2 N–H and O–H groups in total. The summed E-state index contributed by atoms with van der Waals surface area (Å²) in [5.74, 6) is 0. The summed E-state index contributed by atoms with van der Waals surface area (Å²) in [4.78, 5) is 0. The zero-order chi connectivity index (χ0) is 13.7. The van der Waals surface area contributed by atoms with Crippen molar-refractivity contribution in [2.75, 3.05) is 0 Å². The van der Waals surface area contributed by atoms with Gasteiger partial charge in [-0.15, -0.1) is 0 Å². The summed E-state index contributed by atoms with van der Waals surface area (Å²) in [5, 5.41) is 12.2. The van der Waals surface area contributed by atoms with Gasteiger partial charge in [0.05, 0.1) is 17.9 Å². The molecule has 5 nitrogen and oxygen atoms in total. The predicted molar refractivity (Wildman–Crippen MR) is 74.5 cm³/mol. The smallest absolute Gasteiger partial charge is 0.0643 e. The molecule has 0 aliphatic heterocycles. The van der Waals surface area contributed by atoms with E-state index in [9.17, 15) is 0 Å². The average Bonchev–Trinajstić information content (AvgIpc) is 2.89. The maximum atomic E-state index is 6.16. The molecule has 0 saturated carbocycles. The van der Waals surface area contributed by atoms with Crippen molar-refractivity contribution in [3.05, 3.63) is 42.0 Å². The Hall–Kier alpha value is -1.75. The van der Waals surface area contributed by atoms with Crippen LogP contribution in [0, 0.1) is 0 Å². The Bertz CT molecular complexity index is 490. The summed E-state index contributed by atoms with van der Waals surface area (Å²) in [7, 11) is 0. The summed E-state index contributed by atoms with van der Waals surface area (Å²) < 4.78 is 2.05. The summed E-state index contributed by atoms with van der Waals surface area (Å²) in [6.07, 6.45) is 8.33. The van der Waals surface area contributed by atoms with Crippen LogP contribution in [0.4, 0.5) is 0 Å². The maximum Gasteiger partial charge on any atom is 0.0643 e. The van der Waals surface area contributed by atoms with Crippen LogP contribution in [-0.2, 0) is 6.42 Å². The molecule has 0 aliphatic rings. The molecule has 19 heavy (non-hydrogen) atoms. The second-order valence-corrected chi connectivity index (χ2v) is 4.74. The first-order valence-electron chi connectivity index (χ1n) is 6.80. The van der Waals surface area contributed by atoms with Gasteiger partial charge in [0, 0.05) is 24.9 Å². The second-order valence-electron chi connectivity index (χ2n) is 4.74. The van der Waals surface area contributed by atoms with Crippen molar-refractivity contribution < 1.29 is 0 Å². The van der Waals surface area contributed by atoms with Crippen molar-refractivity contribution in [2.24, 2.45) is 5.73 Å². The highest BCUT2D eigenvalue weighted by atomic mass is 15.3. The molecule has 0 aliphatic carbocycles. The van der Waals surface area contributed by atoms with Gasteiger partial charge in [-0.3, -0.25) is 4.68 Å². The van der Waals surface area contributed by atoms with Crippen molar-refractivity contribution in [3.63, 3.8) is 0 Å². The van der Waals surface area contributed by atoms with Gasteiger partial charge in [0.15, 0.2) is 0 Å². The number of nitrogens with zero attached hydrogens (tertiary/aromatic N) is 4. The standard InChI is InChI=1S/C14H21N5/c1-3-13(4-2)19-8-6-12(18-19)9-14(15)11-5-7-16-17-10-11/h5-8,10,13-14H,3-4,9,15H2,1-2H3. The number of hydrogen-bond donors (Lipinski definition) is 1. The molecule has 0 amide bonds. The molecule has 0 saturated heterocycles. The fraction of sp³-hybridized carbons (Fsp3) is 0.500. The number of rotatable bonds is 6. The molecule has 102 valence electrons. The zero-order valence-corrected chi connectivity index (χ0v) is 11.5. The van der Waals surface area contributed by atoms with E-state index < -0.39 is 0 Å². The topological polar surface area (TPSA) is 69.6 Å². The van der Waals surface area contributed by atoms with E-state index in [1.165, 1.54) is 0 Å². The van der Waals surface area contributed by atoms with Crippen LogP contribution in [0.1, 0.15) is 50.0 Å². The molecule has 2 aromatic rings. The fourth-order valence-corrected chi connectivity index (χ4v) is 2.22. The monoisotopic (exact) mass is 259 g/mol. The van der Waals surface area contributed by atoms with Crippen LogP contribution in [0.5, 0.6) is 0 Å². The van der Waals surface area contributed by atoms with Crippen molar-refractivity contribution in [2.45, 2.75) is 45.2 Å². The number of hydrogen-bond acceptors (Lipinski definition) is 4. The largest absolute Gasteiger partial charge is 0.324 e. The first-order chi connectivity index (χ1) is 9.24. The van der Waals surface area contributed by atoms with E-state index in [1.54, 1.807) is 12.4 Å². The molecule has 0 radical (unpaired) electrons. The third-order valence-electron chi connectivity index (χ3n) is 3.44. The van der Waals surface area contributed by atoms with E-state index in [0.717, 1.165) is 30.5 Å². The van der Waals surface area contributed by atoms with Crippen LogP contribution < -0.4 is 5.73 Å². The SMILES string of the molecule is CCC(CC)n1ccc(CC(N)c2ccnnc2)n1. The normalized spacial score (nSPS) is 12.8. The van der Waals surface area contributed by atoms with Gasteiger partial charge in [-0.05, 0) is 30.5 Å². The van der Waals surface area contributed by atoms with Crippen LogP contribution in [-0.4, -0.2) is 20.0 Å².